The average Bonchev–Trinajstić information content (AvgIpc) is 3.15. The number of hydrogen-bond donors (Lipinski definition) is 1. The fourth-order valence-electron chi connectivity index (χ4n) is 3.84. The molecular weight excluding hydrogens is 316 g/mol. The molecule has 1 atom stereocenters. The van der Waals surface area contributed by atoms with Crippen molar-refractivity contribution < 1.29 is 14.3 Å². The molecule has 0 spiro atoms. The van der Waals surface area contributed by atoms with Crippen LogP contribution < -0.4 is 5.32 Å². The van der Waals surface area contributed by atoms with E-state index >= 15 is 0 Å². The van der Waals surface area contributed by atoms with E-state index in [1.807, 2.05) is 11.0 Å². The number of nitrogens with one attached hydrogen (secondary N) is 1. The van der Waals surface area contributed by atoms with Gasteiger partial charge in [0.05, 0.1) is 6.10 Å². The molecule has 138 valence electrons. The Hall–Kier alpha value is -1.43. The number of carbonyl (C=O) groups is 1. The van der Waals surface area contributed by atoms with Crippen molar-refractivity contribution in [1.82, 2.24) is 10.2 Å². The number of hydrogen-bond acceptors (Lipinski definition) is 4. The number of carbonyl (C=O) groups excluding carboxylic acids is 1. The Bertz CT molecular complexity index is 543. The number of likely N-dealkylation sites (tertiary alicyclic amines) is 1. The molecule has 1 amide bonds. The first kappa shape index (κ1) is 18.4. The van der Waals surface area contributed by atoms with Gasteiger partial charge in [0, 0.05) is 26.8 Å². The van der Waals surface area contributed by atoms with Gasteiger partial charge in [0.2, 0.25) is 0 Å². The molecule has 0 saturated carbocycles. The van der Waals surface area contributed by atoms with Gasteiger partial charge in [-0.1, -0.05) is 30.3 Å². The molecule has 0 bridgehead atoms. The zero-order valence-electron chi connectivity index (χ0n) is 15.2. The first-order chi connectivity index (χ1) is 12.2. The number of methoxy groups -OCH3 is 1. The van der Waals surface area contributed by atoms with E-state index in [0.29, 0.717) is 6.54 Å². The molecule has 0 aromatic heterocycles. The molecular formula is C20H30N2O3. The highest BCUT2D eigenvalue weighted by molar-refractivity contribution is 5.85. The summed E-state index contributed by atoms with van der Waals surface area (Å²) in [6.07, 6.45) is 4.64. The number of rotatable bonds is 7. The Morgan fingerprint density at radius 2 is 2.04 bits per heavy atom. The van der Waals surface area contributed by atoms with Crippen molar-refractivity contribution in [3.8, 4) is 0 Å². The maximum Gasteiger partial charge on any atom is 0.254 e. The molecule has 1 aromatic carbocycles. The monoisotopic (exact) mass is 346 g/mol. The van der Waals surface area contributed by atoms with E-state index < -0.39 is 5.60 Å². The lowest BCUT2D eigenvalue weighted by molar-refractivity contribution is -0.157. The normalized spacial score (nSPS) is 22.9. The molecule has 1 unspecified atom stereocenters. The molecule has 1 aromatic rings. The molecule has 2 aliphatic heterocycles. The Morgan fingerprint density at radius 3 is 2.76 bits per heavy atom. The molecule has 2 heterocycles. The predicted molar refractivity (Wildman–Crippen MR) is 97.5 cm³/mol. The van der Waals surface area contributed by atoms with Gasteiger partial charge in [0.15, 0.2) is 0 Å². The number of aryl methyl sites for hydroxylation is 1. The fourth-order valence-corrected chi connectivity index (χ4v) is 3.84. The highest BCUT2D eigenvalue weighted by Gasteiger charge is 2.44. The maximum absolute atomic E-state index is 12.9. The van der Waals surface area contributed by atoms with Crippen LogP contribution in [0.2, 0.25) is 0 Å². The van der Waals surface area contributed by atoms with Crippen molar-refractivity contribution in [2.24, 2.45) is 0 Å². The van der Waals surface area contributed by atoms with Crippen LogP contribution in [0.15, 0.2) is 30.3 Å². The van der Waals surface area contributed by atoms with E-state index in [1.54, 1.807) is 7.11 Å². The summed E-state index contributed by atoms with van der Waals surface area (Å²) in [5.74, 6) is 0.145. The number of ether oxygens (including phenoxy) is 2. The van der Waals surface area contributed by atoms with Gasteiger partial charge < -0.3 is 19.7 Å². The van der Waals surface area contributed by atoms with Crippen LogP contribution in [0.4, 0.5) is 0 Å². The van der Waals surface area contributed by atoms with E-state index in [1.165, 1.54) is 5.56 Å². The lowest BCUT2D eigenvalue weighted by Gasteiger charge is -2.37. The molecule has 2 saturated heterocycles. The average molecular weight is 346 g/mol. The lowest BCUT2D eigenvalue weighted by atomic mass is 9.90. The molecule has 2 aliphatic rings. The van der Waals surface area contributed by atoms with Gasteiger partial charge in [0.1, 0.15) is 5.60 Å². The van der Waals surface area contributed by atoms with E-state index in [0.717, 1.165) is 58.3 Å². The highest BCUT2D eigenvalue weighted by Crippen LogP contribution is 2.27. The minimum absolute atomic E-state index is 0.145. The summed E-state index contributed by atoms with van der Waals surface area (Å²) in [4.78, 5) is 14.9. The molecule has 0 aliphatic carbocycles. The topological polar surface area (TPSA) is 50.8 Å². The summed E-state index contributed by atoms with van der Waals surface area (Å²) >= 11 is 0. The quantitative estimate of drug-likeness (QED) is 0.768. The van der Waals surface area contributed by atoms with Crippen LogP contribution in [0.3, 0.4) is 0 Å². The Morgan fingerprint density at radius 1 is 1.28 bits per heavy atom. The minimum Gasteiger partial charge on any atom is -0.376 e. The van der Waals surface area contributed by atoms with Crippen molar-refractivity contribution in [1.29, 1.82) is 0 Å². The summed E-state index contributed by atoms with van der Waals surface area (Å²) in [6, 6.07) is 10.5. The molecule has 0 radical (unpaired) electrons. The summed E-state index contributed by atoms with van der Waals surface area (Å²) < 4.78 is 11.7. The minimum atomic E-state index is -0.631. The van der Waals surface area contributed by atoms with Gasteiger partial charge in [-0.15, -0.1) is 0 Å². The Balaban J connectivity index is 1.41. The third kappa shape index (κ3) is 4.60. The Kier molecular flexibility index (Phi) is 6.45. The first-order valence-electron chi connectivity index (χ1n) is 9.44. The van der Waals surface area contributed by atoms with Gasteiger partial charge in [0.25, 0.3) is 5.91 Å². The van der Waals surface area contributed by atoms with Crippen LogP contribution in [0.1, 0.15) is 31.2 Å². The van der Waals surface area contributed by atoms with Crippen molar-refractivity contribution >= 4 is 5.91 Å². The third-order valence-corrected chi connectivity index (χ3v) is 5.43. The smallest absolute Gasteiger partial charge is 0.254 e. The van der Waals surface area contributed by atoms with Crippen LogP contribution >= 0.6 is 0 Å². The molecule has 5 heteroatoms. The molecule has 25 heavy (non-hydrogen) atoms. The fraction of sp³-hybridized carbons (Fsp3) is 0.650. The second-order valence-corrected chi connectivity index (χ2v) is 7.07. The van der Waals surface area contributed by atoms with Gasteiger partial charge >= 0.3 is 0 Å². The van der Waals surface area contributed by atoms with Crippen LogP contribution in [0, 0.1) is 0 Å². The summed E-state index contributed by atoms with van der Waals surface area (Å²) in [5, 5.41) is 3.30. The standard InChI is InChI=1S/C20H30N2O3/c1-24-20(10-12-21-13-11-20)19(23)22-14-9-18(16-22)25-15-5-8-17-6-3-2-4-7-17/h2-4,6-7,18,21H,5,8-16H2,1H3. The van der Waals surface area contributed by atoms with Crippen LogP contribution in [-0.2, 0) is 20.7 Å². The van der Waals surface area contributed by atoms with Gasteiger partial charge in [-0.25, -0.2) is 0 Å². The SMILES string of the molecule is COC1(C(=O)N2CCC(OCCCc3ccccc3)C2)CCNCC1. The largest absolute Gasteiger partial charge is 0.376 e. The van der Waals surface area contributed by atoms with Crippen LogP contribution in [0.25, 0.3) is 0 Å². The molecule has 2 fully saturated rings. The summed E-state index contributed by atoms with van der Waals surface area (Å²) in [7, 11) is 1.66. The van der Waals surface area contributed by atoms with Gasteiger partial charge in [-0.3, -0.25) is 4.79 Å². The third-order valence-electron chi connectivity index (χ3n) is 5.43. The summed E-state index contributed by atoms with van der Waals surface area (Å²) in [5.41, 5.74) is 0.718. The number of amides is 1. The van der Waals surface area contributed by atoms with Crippen molar-refractivity contribution in [3.05, 3.63) is 35.9 Å². The Labute approximate surface area is 150 Å². The van der Waals surface area contributed by atoms with E-state index in [-0.39, 0.29) is 12.0 Å². The zero-order valence-corrected chi connectivity index (χ0v) is 15.2. The number of nitrogens with zero attached hydrogens (tertiary/aromatic N) is 1. The van der Waals surface area contributed by atoms with E-state index in [4.69, 9.17) is 9.47 Å². The highest BCUT2D eigenvalue weighted by atomic mass is 16.5. The first-order valence-corrected chi connectivity index (χ1v) is 9.44. The molecule has 3 rings (SSSR count). The van der Waals surface area contributed by atoms with E-state index in [2.05, 4.69) is 29.6 Å². The van der Waals surface area contributed by atoms with Crippen molar-refractivity contribution in [2.75, 3.05) is 39.9 Å². The van der Waals surface area contributed by atoms with Crippen molar-refractivity contribution in [2.45, 2.75) is 43.8 Å². The van der Waals surface area contributed by atoms with Crippen LogP contribution in [0.5, 0.6) is 0 Å². The second-order valence-electron chi connectivity index (χ2n) is 7.07. The van der Waals surface area contributed by atoms with Crippen molar-refractivity contribution in [3.63, 3.8) is 0 Å². The number of benzene rings is 1. The van der Waals surface area contributed by atoms with E-state index in [9.17, 15) is 4.79 Å². The van der Waals surface area contributed by atoms with Gasteiger partial charge in [-0.2, -0.15) is 0 Å². The zero-order chi connectivity index (χ0) is 17.5. The van der Waals surface area contributed by atoms with Gasteiger partial charge in [-0.05, 0) is 50.8 Å². The summed E-state index contributed by atoms with van der Waals surface area (Å²) in [6.45, 7) is 3.91. The second kappa shape index (κ2) is 8.79. The predicted octanol–water partition coefficient (Wildman–Crippen LogP) is 2.01. The lowest BCUT2D eigenvalue weighted by Crippen LogP contribution is -2.55. The van der Waals surface area contributed by atoms with Crippen LogP contribution in [-0.4, -0.2) is 62.4 Å². The molecule has 5 nitrogen and oxygen atoms in total. The molecule has 1 N–H and O–H groups in total. The number of piperidine rings is 1. The maximum atomic E-state index is 12.9.